The monoisotopic (exact) mass is 285 g/mol. The summed E-state index contributed by atoms with van der Waals surface area (Å²) in [5, 5.41) is 0. The van der Waals surface area contributed by atoms with Crippen molar-refractivity contribution < 1.29 is 9.47 Å². The lowest BCUT2D eigenvalue weighted by Gasteiger charge is -2.09. The minimum Gasteiger partial charge on any atom is -0.497 e. The molecule has 0 aliphatic carbocycles. The molecule has 2 aromatic rings. The van der Waals surface area contributed by atoms with Crippen molar-refractivity contribution in [2.24, 2.45) is 5.73 Å². The van der Waals surface area contributed by atoms with Gasteiger partial charge in [0.1, 0.15) is 11.5 Å². The molecule has 0 radical (unpaired) electrons. The molecule has 21 heavy (non-hydrogen) atoms. The third-order valence-corrected chi connectivity index (χ3v) is 3.30. The fraction of sp³-hybridized carbons (Fsp3) is 0.333. The van der Waals surface area contributed by atoms with E-state index in [-0.39, 0.29) is 6.04 Å². The highest BCUT2D eigenvalue weighted by atomic mass is 16.5. The summed E-state index contributed by atoms with van der Waals surface area (Å²) in [7, 11) is 1.67. The zero-order chi connectivity index (χ0) is 15.1. The minimum atomic E-state index is 0.187. The van der Waals surface area contributed by atoms with E-state index in [1.54, 1.807) is 7.11 Å². The Labute approximate surface area is 126 Å². The molecule has 2 rings (SSSR count). The number of hydrogen-bond acceptors (Lipinski definition) is 3. The fourth-order valence-corrected chi connectivity index (χ4v) is 2.17. The second-order valence-electron chi connectivity index (χ2n) is 5.27. The molecule has 0 fully saturated rings. The second kappa shape index (κ2) is 7.70. The van der Waals surface area contributed by atoms with Gasteiger partial charge in [0.2, 0.25) is 0 Å². The van der Waals surface area contributed by atoms with Gasteiger partial charge in [-0.25, -0.2) is 0 Å². The Bertz CT molecular complexity index is 532. The molecule has 1 unspecified atom stereocenters. The van der Waals surface area contributed by atoms with Crippen molar-refractivity contribution >= 4 is 0 Å². The number of benzene rings is 2. The molecular formula is C18H23NO2. The van der Waals surface area contributed by atoms with Gasteiger partial charge in [-0.2, -0.15) is 0 Å². The van der Waals surface area contributed by atoms with E-state index in [0.29, 0.717) is 6.61 Å². The van der Waals surface area contributed by atoms with E-state index in [0.717, 1.165) is 24.3 Å². The van der Waals surface area contributed by atoms with Crippen molar-refractivity contribution in [2.75, 3.05) is 13.7 Å². The molecular weight excluding hydrogens is 262 g/mol. The Balaban J connectivity index is 1.79. The van der Waals surface area contributed by atoms with Crippen molar-refractivity contribution in [2.45, 2.75) is 25.8 Å². The molecule has 0 spiro atoms. The van der Waals surface area contributed by atoms with Gasteiger partial charge < -0.3 is 15.2 Å². The van der Waals surface area contributed by atoms with Crippen LogP contribution in [-0.2, 0) is 12.8 Å². The highest BCUT2D eigenvalue weighted by molar-refractivity contribution is 5.29. The maximum absolute atomic E-state index is 5.79. The van der Waals surface area contributed by atoms with E-state index in [1.165, 1.54) is 11.1 Å². The first kappa shape index (κ1) is 15.4. The zero-order valence-corrected chi connectivity index (χ0v) is 12.7. The summed E-state index contributed by atoms with van der Waals surface area (Å²) in [4.78, 5) is 0. The predicted octanol–water partition coefficient (Wildman–Crippen LogP) is 3.21. The quantitative estimate of drug-likeness (QED) is 0.849. The summed E-state index contributed by atoms with van der Waals surface area (Å²) >= 11 is 0. The molecule has 112 valence electrons. The van der Waals surface area contributed by atoms with Crippen molar-refractivity contribution in [3.8, 4) is 11.5 Å². The van der Waals surface area contributed by atoms with E-state index in [4.69, 9.17) is 15.2 Å². The van der Waals surface area contributed by atoms with E-state index in [9.17, 15) is 0 Å². The van der Waals surface area contributed by atoms with Gasteiger partial charge in [0.15, 0.2) is 0 Å². The number of methoxy groups -OCH3 is 1. The summed E-state index contributed by atoms with van der Waals surface area (Å²) in [6.45, 7) is 2.68. The molecule has 0 aromatic heterocycles. The molecule has 2 aromatic carbocycles. The van der Waals surface area contributed by atoms with Crippen LogP contribution in [-0.4, -0.2) is 19.8 Å². The van der Waals surface area contributed by atoms with Crippen LogP contribution in [0.5, 0.6) is 11.5 Å². The van der Waals surface area contributed by atoms with Crippen molar-refractivity contribution in [1.82, 2.24) is 0 Å². The molecule has 0 aliphatic rings. The van der Waals surface area contributed by atoms with Crippen LogP contribution >= 0.6 is 0 Å². The smallest absolute Gasteiger partial charge is 0.119 e. The highest BCUT2D eigenvalue weighted by Crippen LogP contribution is 2.15. The molecule has 3 heteroatoms. The second-order valence-corrected chi connectivity index (χ2v) is 5.27. The molecule has 0 saturated heterocycles. The summed E-state index contributed by atoms with van der Waals surface area (Å²) in [5.41, 5.74) is 8.27. The number of hydrogen-bond donors (Lipinski definition) is 1. The number of ether oxygens (including phenoxy) is 2. The maximum atomic E-state index is 5.79. The summed E-state index contributed by atoms with van der Waals surface area (Å²) in [6, 6.07) is 16.4. The van der Waals surface area contributed by atoms with Crippen LogP contribution in [0.1, 0.15) is 18.1 Å². The van der Waals surface area contributed by atoms with Crippen LogP contribution in [0.15, 0.2) is 48.5 Å². The topological polar surface area (TPSA) is 44.5 Å². The van der Waals surface area contributed by atoms with Crippen molar-refractivity contribution in [3.63, 3.8) is 0 Å². The van der Waals surface area contributed by atoms with Crippen LogP contribution in [0, 0.1) is 0 Å². The van der Waals surface area contributed by atoms with Crippen molar-refractivity contribution in [3.05, 3.63) is 59.7 Å². The minimum absolute atomic E-state index is 0.187. The lowest BCUT2D eigenvalue weighted by molar-refractivity contribution is 0.321. The standard InChI is InChI=1S/C18H23NO2/c1-14(19)13-16-5-9-18(10-6-16)21-12-11-15-3-7-17(20-2)8-4-15/h3-10,14H,11-13,19H2,1-2H3. The SMILES string of the molecule is COc1ccc(CCOc2ccc(CC(C)N)cc2)cc1. The first-order chi connectivity index (χ1) is 10.2. The van der Waals surface area contributed by atoms with Crippen LogP contribution in [0.3, 0.4) is 0 Å². The normalized spacial score (nSPS) is 12.0. The zero-order valence-electron chi connectivity index (χ0n) is 12.7. The fourth-order valence-electron chi connectivity index (χ4n) is 2.17. The van der Waals surface area contributed by atoms with Crippen LogP contribution in [0.25, 0.3) is 0 Å². The third-order valence-electron chi connectivity index (χ3n) is 3.30. The van der Waals surface area contributed by atoms with Gasteiger partial charge in [0.25, 0.3) is 0 Å². The molecule has 0 heterocycles. The van der Waals surface area contributed by atoms with E-state index < -0.39 is 0 Å². The van der Waals surface area contributed by atoms with Crippen molar-refractivity contribution in [1.29, 1.82) is 0 Å². The van der Waals surface area contributed by atoms with Gasteiger partial charge in [0, 0.05) is 12.5 Å². The van der Waals surface area contributed by atoms with Gasteiger partial charge in [-0.3, -0.25) is 0 Å². The van der Waals surface area contributed by atoms with Gasteiger partial charge in [-0.1, -0.05) is 24.3 Å². The van der Waals surface area contributed by atoms with Crippen LogP contribution in [0.4, 0.5) is 0 Å². The van der Waals surface area contributed by atoms with E-state index >= 15 is 0 Å². The molecule has 2 N–H and O–H groups in total. The molecule has 0 bridgehead atoms. The van der Waals surface area contributed by atoms with Crippen LogP contribution in [0.2, 0.25) is 0 Å². The van der Waals surface area contributed by atoms with Gasteiger partial charge in [0.05, 0.1) is 13.7 Å². The van der Waals surface area contributed by atoms with Gasteiger partial charge >= 0.3 is 0 Å². The Morgan fingerprint density at radius 3 is 2.05 bits per heavy atom. The average molecular weight is 285 g/mol. The first-order valence-electron chi connectivity index (χ1n) is 7.27. The van der Waals surface area contributed by atoms with Gasteiger partial charge in [-0.15, -0.1) is 0 Å². The predicted molar refractivity (Wildman–Crippen MR) is 86.0 cm³/mol. The van der Waals surface area contributed by atoms with E-state index in [1.807, 2.05) is 31.2 Å². The molecule has 3 nitrogen and oxygen atoms in total. The Kier molecular flexibility index (Phi) is 5.64. The molecule has 1 atom stereocenters. The molecule has 0 aliphatic heterocycles. The summed E-state index contributed by atoms with van der Waals surface area (Å²) in [6.07, 6.45) is 1.78. The van der Waals surface area contributed by atoms with Gasteiger partial charge in [-0.05, 0) is 48.7 Å². The Morgan fingerprint density at radius 2 is 1.48 bits per heavy atom. The van der Waals surface area contributed by atoms with Crippen LogP contribution < -0.4 is 15.2 Å². The largest absolute Gasteiger partial charge is 0.497 e. The van der Waals surface area contributed by atoms with E-state index in [2.05, 4.69) is 24.3 Å². The lowest BCUT2D eigenvalue weighted by Crippen LogP contribution is -2.17. The third kappa shape index (κ3) is 5.12. The Morgan fingerprint density at radius 1 is 0.905 bits per heavy atom. The Hall–Kier alpha value is -2.00. The summed E-state index contributed by atoms with van der Waals surface area (Å²) < 4.78 is 10.9. The molecule has 0 saturated carbocycles. The molecule has 0 amide bonds. The summed E-state index contributed by atoms with van der Waals surface area (Å²) in [5.74, 6) is 1.78. The lowest BCUT2D eigenvalue weighted by atomic mass is 10.1. The maximum Gasteiger partial charge on any atom is 0.119 e. The first-order valence-corrected chi connectivity index (χ1v) is 7.27. The number of rotatable bonds is 7. The average Bonchev–Trinajstić information content (AvgIpc) is 2.49. The number of nitrogens with two attached hydrogens (primary N) is 1. The highest BCUT2D eigenvalue weighted by Gasteiger charge is 2.00.